The predicted octanol–water partition coefficient (Wildman–Crippen LogP) is 4.85. The second kappa shape index (κ2) is 6.54. The van der Waals surface area contributed by atoms with Gasteiger partial charge in [-0.1, -0.05) is 23.7 Å². The van der Waals surface area contributed by atoms with Gasteiger partial charge in [0, 0.05) is 11.2 Å². The first-order valence-corrected chi connectivity index (χ1v) is 7.05. The third kappa shape index (κ3) is 3.68. The van der Waals surface area contributed by atoms with Crippen LogP contribution in [0.3, 0.4) is 0 Å². The minimum absolute atomic E-state index is 0.0885. The molecule has 0 N–H and O–H groups in total. The molecule has 0 saturated carbocycles. The van der Waals surface area contributed by atoms with Gasteiger partial charge in [0.15, 0.2) is 0 Å². The standard InChI is InChI=1S/C11H5ClF9NOS/c12-7-3-1-6(2-4-7)5-22-24(23)11(20,21)9(15,16)8(13,14)10(17,18)19/h1-5H/b22-5+/t24-/m0/s1. The Balaban J connectivity index is 3.13. The van der Waals surface area contributed by atoms with Crippen LogP contribution in [-0.2, 0) is 11.0 Å². The summed E-state index contributed by atoms with van der Waals surface area (Å²) in [7, 11) is -4.41. The Hall–Kier alpha value is -1.30. The zero-order valence-corrected chi connectivity index (χ0v) is 12.5. The summed E-state index contributed by atoms with van der Waals surface area (Å²) >= 11 is 5.49. The molecule has 1 aromatic rings. The molecular formula is C11H5ClF9NOS. The number of halogens is 10. The maximum absolute atomic E-state index is 13.2. The van der Waals surface area contributed by atoms with Crippen molar-refractivity contribution < 1.29 is 43.7 Å². The van der Waals surface area contributed by atoms with Crippen LogP contribution in [0.2, 0.25) is 5.02 Å². The van der Waals surface area contributed by atoms with Crippen LogP contribution in [0.5, 0.6) is 0 Å². The minimum Gasteiger partial charge on any atom is -0.228 e. The SMILES string of the molecule is O=[S@](/N=C/c1ccc(Cl)cc1)C(F)(F)C(F)(F)C(F)(F)C(F)(F)F. The normalized spacial score (nSPS) is 15.8. The first kappa shape index (κ1) is 20.7. The van der Waals surface area contributed by atoms with E-state index < -0.39 is 34.3 Å². The Morgan fingerprint density at radius 1 is 0.875 bits per heavy atom. The predicted molar refractivity (Wildman–Crippen MR) is 68.1 cm³/mol. The van der Waals surface area contributed by atoms with E-state index >= 15 is 0 Å². The van der Waals surface area contributed by atoms with Gasteiger partial charge in [-0.2, -0.15) is 43.9 Å². The lowest BCUT2D eigenvalue weighted by atomic mass is 10.1. The summed E-state index contributed by atoms with van der Waals surface area (Å²) in [5.41, 5.74) is -0.0885. The topological polar surface area (TPSA) is 29.4 Å². The van der Waals surface area contributed by atoms with Crippen LogP contribution in [-0.4, -0.2) is 33.7 Å². The van der Waals surface area contributed by atoms with Crippen LogP contribution in [0.4, 0.5) is 39.5 Å². The number of hydrogen-bond donors (Lipinski definition) is 0. The molecule has 136 valence electrons. The van der Waals surface area contributed by atoms with Crippen LogP contribution >= 0.6 is 11.6 Å². The van der Waals surface area contributed by atoms with E-state index in [2.05, 4.69) is 4.40 Å². The molecule has 2 nitrogen and oxygen atoms in total. The van der Waals surface area contributed by atoms with E-state index in [0.717, 1.165) is 12.1 Å². The molecule has 0 aliphatic heterocycles. The van der Waals surface area contributed by atoms with Crippen LogP contribution in [0.15, 0.2) is 28.7 Å². The molecule has 0 aromatic heterocycles. The highest BCUT2D eigenvalue weighted by Gasteiger charge is 2.83. The van der Waals surface area contributed by atoms with Crippen molar-refractivity contribution in [2.24, 2.45) is 4.40 Å². The average molecular weight is 406 g/mol. The van der Waals surface area contributed by atoms with Crippen molar-refractivity contribution in [3.8, 4) is 0 Å². The Bertz CT molecular complexity index is 642. The third-order valence-corrected chi connectivity index (χ3v) is 3.75. The van der Waals surface area contributed by atoms with E-state index in [-0.39, 0.29) is 10.6 Å². The van der Waals surface area contributed by atoms with E-state index in [0.29, 0.717) is 6.21 Å². The minimum atomic E-state index is -7.12. The van der Waals surface area contributed by atoms with Gasteiger partial charge in [-0.15, -0.1) is 0 Å². The fraction of sp³-hybridized carbons (Fsp3) is 0.364. The Kier molecular flexibility index (Phi) is 5.65. The van der Waals surface area contributed by atoms with Crippen molar-refractivity contribution >= 4 is 28.8 Å². The summed E-state index contributed by atoms with van der Waals surface area (Å²) in [6.07, 6.45) is -6.65. The Morgan fingerprint density at radius 3 is 1.75 bits per heavy atom. The van der Waals surface area contributed by atoms with Gasteiger partial charge < -0.3 is 0 Å². The largest absolute Gasteiger partial charge is 0.460 e. The Labute approximate surface area is 135 Å². The molecule has 0 amide bonds. The summed E-state index contributed by atoms with van der Waals surface area (Å²) in [5, 5.41) is -6.09. The summed E-state index contributed by atoms with van der Waals surface area (Å²) < 4.78 is 127. The molecule has 1 atom stereocenters. The molecule has 13 heteroatoms. The zero-order chi connectivity index (χ0) is 19.0. The van der Waals surface area contributed by atoms with E-state index in [9.17, 15) is 43.7 Å². The number of rotatable bonds is 5. The summed E-state index contributed by atoms with van der Waals surface area (Å²) in [6.45, 7) is 0. The van der Waals surface area contributed by atoms with Crippen molar-refractivity contribution in [2.75, 3.05) is 0 Å². The monoisotopic (exact) mass is 405 g/mol. The fourth-order valence-electron chi connectivity index (χ4n) is 1.19. The molecule has 0 bridgehead atoms. The summed E-state index contributed by atoms with van der Waals surface area (Å²) in [4.78, 5) is 0. The lowest BCUT2D eigenvalue weighted by molar-refractivity contribution is -0.381. The van der Waals surface area contributed by atoms with Gasteiger partial charge in [0.25, 0.3) is 0 Å². The fourth-order valence-corrected chi connectivity index (χ4v) is 2.02. The van der Waals surface area contributed by atoms with Crippen molar-refractivity contribution in [3.05, 3.63) is 34.9 Å². The molecule has 0 spiro atoms. The first-order valence-electron chi connectivity index (χ1n) is 5.56. The van der Waals surface area contributed by atoms with Crippen LogP contribution in [0, 0.1) is 0 Å². The van der Waals surface area contributed by atoms with E-state index in [4.69, 9.17) is 11.6 Å². The zero-order valence-electron chi connectivity index (χ0n) is 10.9. The number of benzene rings is 1. The van der Waals surface area contributed by atoms with Crippen molar-refractivity contribution in [1.29, 1.82) is 0 Å². The van der Waals surface area contributed by atoms with E-state index in [1.165, 1.54) is 12.1 Å². The maximum atomic E-state index is 13.2. The van der Waals surface area contributed by atoms with Crippen molar-refractivity contribution in [3.63, 3.8) is 0 Å². The number of hydrogen-bond acceptors (Lipinski definition) is 1. The maximum Gasteiger partial charge on any atom is 0.460 e. The molecule has 0 radical (unpaired) electrons. The lowest BCUT2D eigenvalue weighted by Gasteiger charge is -2.31. The number of nitrogens with zero attached hydrogens (tertiary/aromatic N) is 1. The molecule has 1 rings (SSSR count). The molecule has 1 aromatic carbocycles. The van der Waals surface area contributed by atoms with Gasteiger partial charge >= 0.3 is 23.3 Å². The summed E-state index contributed by atoms with van der Waals surface area (Å²) in [5.74, 6) is -14.1. The van der Waals surface area contributed by atoms with E-state index in [1.54, 1.807) is 0 Å². The first-order chi connectivity index (χ1) is 10.6. The highest BCUT2D eigenvalue weighted by Crippen LogP contribution is 2.54. The average Bonchev–Trinajstić information content (AvgIpc) is 2.44. The molecule has 0 aliphatic rings. The quantitative estimate of drug-likeness (QED) is 0.509. The second-order valence-corrected chi connectivity index (χ2v) is 5.86. The van der Waals surface area contributed by atoms with Gasteiger partial charge in [-0.3, -0.25) is 0 Å². The van der Waals surface area contributed by atoms with Gasteiger partial charge in [-0.05, 0) is 17.7 Å². The van der Waals surface area contributed by atoms with Gasteiger partial charge in [-0.25, -0.2) is 4.21 Å². The molecule has 0 fully saturated rings. The van der Waals surface area contributed by atoms with Crippen molar-refractivity contribution in [2.45, 2.75) is 23.3 Å². The highest BCUT2D eigenvalue weighted by molar-refractivity contribution is 7.85. The molecular weight excluding hydrogens is 401 g/mol. The molecule has 24 heavy (non-hydrogen) atoms. The highest BCUT2D eigenvalue weighted by atomic mass is 35.5. The smallest absolute Gasteiger partial charge is 0.228 e. The van der Waals surface area contributed by atoms with Gasteiger partial charge in [0.05, 0.1) is 0 Å². The van der Waals surface area contributed by atoms with Gasteiger partial charge in [0.1, 0.15) is 0 Å². The molecule has 0 aliphatic carbocycles. The van der Waals surface area contributed by atoms with Crippen LogP contribution in [0.25, 0.3) is 0 Å². The number of alkyl halides is 9. The van der Waals surface area contributed by atoms with Crippen LogP contribution < -0.4 is 0 Å². The van der Waals surface area contributed by atoms with E-state index in [1.807, 2.05) is 0 Å². The van der Waals surface area contributed by atoms with Crippen LogP contribution in [0.1, 0.15) is 5.56 Å². The van der Waals surface area contributed by atoms with Gasteiger partial charge in [0.2, 0.25) is 11.0 Å². The second-order valence-electron chi connectivity index (χ2n) is 4.20. The van der Waals surface area contributed by atoms with Crippen molar-refractivity contribution in [1.82, 2.24) is 0 Å². The Morgan fingerprint density at radius 2 is 1.33 bits per heavy atom. The lowest BCUT2D eigenvalue weighted by Crippen LogP contribution is -2.61. The third-order valence-electron chi connectivity index (χ3n) is 2.50. The molecule has 0 unspecified atom stereocenters. The molecule has 0 heterocycles. The molecule has 0 saturated heterocycles. The summed E-state index contributed by atoms with van der Waals surface area (Å²) in [6, 6.07) is 4.64.